The number of ether oxygens (including phenoxy) is 1. The highest BCUT2D eigenvalue weighted by molar-refractivity contribution is 9.10. The summed E-state index contributed by atoms with van der Waals surface area (Å²) < 4.78 is 48.5. The second kappa shape index (κ2) is 12.1. The Hall–Kier alpha value is -2.50. The number of carbonyl (C=O) groups is 1. The molecule has 3 atom stereocenters. The highest BCUT2D eigenvalue weighted by Crippen LogP contribution is 2.30. The predicted octanol–water partition coefficient (Wildman–Crippen LogP) is 6.15. The Bertz CT molecular complexity index is 1380. The van der Waals surface area contributed by atoms with Gasteiger partial charge in [-0.15, -0.1) is 0 Å². The normalized spacial score (nSPS) is 19.1. The SMILES string of the molecule is CC1CN(S(=O)(=O)c2ccc(NC(=O)NC(Cc3c(F)cccc3Cl)c3ccccc3Br)cc2)CC(C)O1. The van der Waals surface area contributed by atoms with Gasteiger partial charge in [0.15, 0.2) is 0 Å². The Kier molecular flexibility index (Phi) is 9.10. The smallest absolute Gasteiger partial charge is 0.319 e. The van der Waals surface area contributed by atoms with Crippen molar-refractivity contribution in [3.05, 3.63) is 93.2 Å². The second-order valence-electron chi connectivity index (χ2n) is 9.18. The molecule has 1 saturated heterocycles. The van der Waals surface area contributed by atoms with E-state index in [1.165, 1.54) is 40.7 Å². The van der Waals surface area contributed by atoms with Crippen molar-refractivity contribution in [2.24, 2.45) is 0 Å². The molecule has 0 bridgehead atoms. The summed E-state index contributed by atoms with van der Waals surface area (Å²) in [6.07, 6.45) is -0.278. The highest BCUT2D eigenvalue weighted by atomic mass is 79.9. The molecule has 7 nitrogen and oxygen atoms in total. The van der Waals surface area contributed by atoms with Crippen LogP contribution in [0.4, 0.5) is 14.9 Å². The quantitative estimate of drug-likeness (QED) is 0.330. The molecule has 202 valence electrons. The number of carbonyl (C=O) groups excluding carboxylic acids is 1. The van der Waals surface area contributed by atoms with E-state index < -0.39 is 27.9 Å². The van der Waals surface area contributed by atoms with Gasteiger partial charge in [0, 0.05) is 40.3 Å². The number of hydrogen-bond acceptors (Lipinski definition) is 4. The molecule has 3 aromatic rings. The van der Waals surface area contributed by atoms with Crippen LogP contribution in [0.2, 0.25) is 5.02 Å². The Morgan fingerprint density at radius 2 is 1.74 bits per heavy atom. The predicted molar refractivity (Wildman–Crippen MR) is 149 cm³/mol. The average molecular weight is 625 g/mol. The van der Waals surface area contributed by atoms with Crippen molar-refractivity contribution < 1.29 is 22.3 Å². The van der Waals surface area contributed by atoms with Crippen molar-refractivity contribution in [1.82, 2.24) is 9.62 Å². The number of halogens is 3. The zero-order valence-electron chi connectivity index (χ0n) is 20.8. The summed E-state index contributed by atoms with van der Waals surface area (Å²) in [5, 5.41) is 5.88. The summed E-state index contributed by atoms with van der Waals surface area (Å²) in [7, 11) is -3.70. The largest absolute Gasteiger partial charge is 0.373 e. The van der Waals surface area contributed by atoms with Gasteiger partial charge in [0.05, 0.1) is 23.1 Å². The first-order chi connectivity index (χ1) is 18.0. The van der Waals surface area contributed by atoms with Crippen LogP contribution in [0.25, 0.3) is 0 Å². The number of hydrogen-bond donors (Lipinski definition) is 2. The first-order valence-corrected chi connectivity index (χ1v) is 14.7. The van der Waals surface area contributed by atoms with Crippen LogP contribution in [0, 0.1) is 5.82 Å². The lowest BCUT2D eigenvalue weighted by molar-refractivity contribution is -0.0440. The Morgan fingerprint density at radius 3 is 2.37 bits per heavy atom. The fraction of sp³-hybridized carbons (Fsp3) is 0.296. The number of rotatable bonds is 7. The van der Waals surface area contributed by atoms with Crippen LogP contribution in [-0.2, 0) is 21.2 Å². The van der Waals surface area contributed by atoms with Gasteiger partial charge in [-0.3, -0.25) is 0 Å². The molecule has 1 heterocycles. The minimum absolute atomic E-state index is 0.120. The number of amides is 2. The summed E-state index contributed by atoms with van der Waals surface area (Å²) in [4.78, 5) is 13.1. The average Bonchev–Trinajstić information content (AvgIpc) is 2.86. The van der Waals surface area contributed by atoms with Crippen LogP contribution in [-0.4, -0.2) is 44.1 Å². The monoisotopic (exact) mass is 623 g/mol. The molecule has 0 spiro atoms. The molecule has 2 N–H and O–H groups in total. The molecule has 1 aliphatic heterocycles. The van der Waals surface area contributed by atoms with Gasteiger partial charge < -0.3 is 15.4 Å². The molecule has 38 heavy (non-hydrogen) atoms. The molecule has 3 unspecified atom stereocenters. The number of morpholine rings is 1. The van der Waals surface area contributed by atoms with Gasteiger partial charge in [0.2, 0.25) is 10.0 Å². The summed E-state index contributed by atoms with van der Waals surface area (Å²) in [5.41, 5.74) is 1.44. The van der Waals surface area contributed by atoms with Crippen molar-refractivity contribution in [2.45, 2.75) is 43.4 Å². The third-order valence-electron chi connectivity index (χ3n) is 6.19. The van der Waals surface area contributed by atoms with Crippen LogP contribution in [0.1, 0.15) is 31.0 Å². The lowest BCUT2D eigenvalue weighted by Crippen LogP contribution is -2.48. The van der Waals surface area contributed by atoms with Crippen LogP contribution in [0.15, 0.2) is 76.1 Å². The highest BCUT2D eigenvalue weighted by Gasteiger charge is 2.32. The van der Waals surface area contributed by atoms with E-state index in [-0.39, 0.29) is 47.2 Å². The molecular formula is C27H28BrClFN3O4S. The first kappa shape index (κ1) is 28.5. The molecule has 0 saturated carbocycles. The Labute approximate surface area is 235 Å². The fourth-order valence-electron chi connectivity index (χ4n) is 4.44. The lowest BCUT2D eigenvalue weighted by atomic mass is 9.98. The number of anilines is 1. The molecule has 0 aliphatic carbocycles. The Balaban J connectivity index is 1.49. The molecule has 3 aromatic carbocycles. The van der Waals surface area contributed by atoms with Crippen molar-refractivity contribution in [3.8, 4) is 0 Å². The van der Waals surface area contributed by atoms with E-state index in [1.54, 1.807) is 6.07 Å². The molecule has 1 aliphatic rings. The van der Waals surface area contributed by atoms with Crippen LogP contribution < -0.4 is 10.6 Å². The molecule has 0 radical (unpaired) electrons. The van der Waals surface area contributed by atoms with Crippen molar-refractivity contribution >= 4 is 49.3 Å². The zero-order valence-corrected chi connectivity index (χ0v) is 24.0. The molecule has 1 fully saturated rings. The first-order valence-electron chi connectivity index (χ1n) is 12.0. The van der Waals surface area contributed by atoms with Gasteiger partial charge in [0.25, 0.3) is 0 Å². The number of nitrogens with one attached hydrogen (secondary N) is 2. The second-order valence-corrected chi connectivity index (χ2v) is 12.4. The standard InChI is InChI=1S/C27H28BrClFN3O4S/c1-17-15-33(16-18(2)37-17)38(35,36)20-12-10-19(11-13-20)31-27(34)32-26(21-6-3-4-7-23(21)28)14-22-24(29)8-5-9-25(22)30/h3-13,17-18,26H,14-16H2,1-2H3,(H2,31,32,34). The van der Waals surface area contributed by atoms with E-state index in [2.05, 4.69) is 26.6 Å². The fourth-order valence-corrected chi connectivity index (χ4v) is 6.83. The molecule has 2 amide bonds. The lowest BCUT2D eigenvalue weighted by Gasteiger charge is -2.34. The maximum atomic E-state index is 14.5. The zero-order chi connectivity index (χ0) is 27.4. The van der Waals surface area contributed by atoms with Crippen molar-refractivity contribution in [3.63, 3.8) is 0 Å². The van der Waals surface area contributed by atoms with Gasteiger partial charge in [-0.25, -0.2) is 17.6 Å². The summed E-state index contributed by atoms with van der Waals surface area (Å²) >= 11 is 9.75. The van der Waals surface area contributed by atoms with E-state index in [0.717, 1.165) is 10.0 Å². The molecule has 11 heteroatoms. The van der Waals surface area contributed by atoms with Gasteiger partial charge in [-0.05, 0) is 61.9 Å². The maximum absolute atomic E-state index is 14.5. The molecule has 4 rings (SSSR count). The van der Waals surface area contributed by atoms with E-state index in [9.17, 15) is 17.6 Å². The van der Waals surface area contributed by atoms with Crippen LogP contribution >= 0.6 is 27.5 Å². The molecule has 0 aromatic heterocycles. The summed E-state index contributed by atoms with van der Waals surface area (Å²) in [6, 6.07) is 16.6. The number of nitrogens with zero attached hydrogens (tertiary/aromatic N) is 1. The molecular weight excluding hydrogens is 597 g/mol. The van der Waals surface area contributed by atoms with Gasteiger partial charge in [-0.1, -0.05) is 51.8 Å². The number of urea groups is 1. The van der Waals surface area contributed by atoms with Crippen molar-refractivity contribution in [2.75, 3.05) is 18.4 Å². The van der Waals surface area contributed by atoms with E-state index >= 15 is 0 Å². The minimum Gasteiger partial charge on any atom is -0.373 e. The summed E-state index contributed by atoms with van der Waals surface area (Å²) in [6.45, 7) is 4.23. The third kappa shape index (κ3) is 6.73. The number of benzene rings is 3. The van der Waals surface area contributed by atoms with Gasteiger partial charge in [0.1, 0.15) is 5.82 Å². The maximum Gasteiger partial charge on any atom is 0.319 e. The van der Waals surface area contributed by atoms with Crippen LogP contribution in [0.3, 0.4) is 0 Å². The van der Waals surface area contributed by atoms with Gasteiger partial charge >= 0.3 is 6.03 Å². The van der Waals surface area contributed by atoms with Crippen LogP contribution in [0.5, 0.6) is 0 Å². The minimum atomic E-state index is -3.70. The van der Waals surface area contributed by atoms with E-state index in [0.29, 0.717) is 5.69 Å². The number of sulfonamides is 1. The van der Waals surface area contributed by atoms with E-state index in [4.69, 9.17) is 16.3 Å². The van der Waals surface area contributed by atoms with E-state index in [1.807, 2.05) is 38.1 Å². The topological polar surface area (TPSA) is 87.7 Å². The third-order valence-corrected chi connectivity index (χ3v) is 9.11. The van der Waals surface area contributed by atoms with Gasteiger partial charge in [-0.2, -0.15) is 4.31 Å². The summed E-state index contributed by atoms with van der Waals surface area (Å²) in [5.74, 6) is -0.461. The Morgan fingerprint density at radius 1 is 1.08 bits per heavy atom. The van der Waals surface area contributed by atoms with Crippen molar-refractivity contribution in [1.29, 1.82) is 0 Å².